The van der Waals surface area contributed by atoms with Crippen molar-refractivity contribution in [3.63, 3.8) is 0 Å². The maximum Gasteiger partial charge on any atom is 0.138 e. The lowest BCUT2D eigenvalue weighted by Crippen LogP contribution is -1.99. The molecule has 20 heavy (non-hydrogen) atoms. The van der Waals surface area contributed by atoms with Crippen LogP contribution in [-0.2, 0) is 0 Å². The van der Waals surface area contributed by atoms with Crippen molar-refractivity contribution in [2.75, 3.05) is 0 Å². The predicted molar refractivity (Wildman–Crippen MR) is 80.9 cm³/mol. The van der Waals surface area contributed by atoms with Crippen molar-refractivity contribution in [2.24, 2.45) is 0 Å². The van der Waals surface area contributed by atoms with Crippen LogP contribution in [0.3, 0.4) is 0 Å². The SMILES string of the molecule is Cc1cc(C)cc(C(O)c2cc3cccc(C)c3o2)c1. The van der Waals surface area contributed by atoms with Gasteiger partial charge in [0.2, 0.25) is 0 Å². The van der Waals surface area contributed by atoms with Crippen molar-refractivity contribution in [1.29, 1.82) is 0 Å². The van der Waals surface area contributed by atoms with Gasteiger partial charge >= 0.3 is 0 Å². The maximum atomic E-state index is 10.5. The predicted octanol–water partition coefficient (Wildman–Crippen LogP) is 4.44. The molecule has 1 heterocycles. The lowest BCUT2D eigenvalue weighted by Gasteiger charge is -2.10. The second kappa shape index (κ2) is 4.80. The van der Waals surface area contributed by atoms with Gasteiger partial charge in [0.25, 0.3) is 0 Å². The molecule has 102 valence electrons. The lowest BCUT2D eigenvalue weighted by molar-refractivity contribution is 0.192. The Bertz CT molecular complexity index is 748. The molecule has 0 aliphatic carbocycles. The molecule has 1 aromatic heterocycles. The number of rotatable bonds is 2. The molecule has 2 nitrogen and oxygen atoms in total. The average molecular weight is 266 g/mol. The summed E-state index contributed by atoms with van der Waals surface area (Å²) in [5, 5.41) is 11.6. The molecule has 1 unspecified atom stereocenters. The second-order valence-electron chi connectivity index (χ2n) is 5.47. The standard InChI is InChI=1S/C18H18O2/c1-11-7-12(2)9-15(8-11)17(19)16-10-14-6-4-5-13(3)18(14)20-16/h4-10,17,19H,1-3H3. The van der Waals surface area contributed by atoms with E-state index < -0.39 is 6.10 Å². The first kappa shape index (κ1) is 12.9. The molecule has 1 N–H and O–H groups in total. The van der Waals surface area contributed by atoms with Gasteiger partial charge in [0.1, 0.15) is 17.4 Å². The fraction of sp³-hybridized carbons (Fsp3) is 0.222. The maximum absolute atomic E-state index is 10.5. The van der Waals surface area contributed by atoms with Crippen LogP contribution in [0, 0.1) is 20.8 Å². The van der Waals surface area contributed by atoms with Gasteiger partial charge in [-0.15, -0.1) is 0 Å². The van der Waals surface area contributed by atoms with E-state index in [1.807, 2.05) is 57.2 Å². The molecule has 3 rings (SSSR count). The van der Waals surface area contributed by atoms with Crippen molar-refractivity contribution in [1.82, 2.24) is 0 Å². The van der Waals surface area contributed by atoms with E-state index in [4.69, 9.17) is 4.42 Å². The highest BCUT2D eigenvalue weighted by atomic mass is 16.4. The van der Waals surface area contributed by atoms with Gasteiger partial charge < -0.3 is 9.52 Å². The number of fused-ring (bicyclic) bond motifs is 1. The lowest BCUT2D eigenvalue weighted by atomic mass is 10.0. The Labute approximate surface area is 118 Å². The zero-order valence-electron chi connectivity index (χ0n) is 12.0. The molecule has 2 heteroatoms. The Hall–Kier alpha value is -2.06. The van der Waals surface area contributed by atoms with Gasteiger partial charge in [0.05, 0.1) is 0 Å². The summed E-state index contributed by atoms with van der Waals surface area (Å²) in [6.07, 6.45) is -0.722. The first-order valence-corrected chi connectivity index (χ1v) is 6.80. The number of benzene rings is 2. The van der Waals surface area contributed by atoms with Crippen molar-refractivity contribution in [3.8, 4) is 0 Å². The largest absolute Gasteiger partial charge is 0.458 e. The molecule has 0 bridgehead atoms. The van der Waals surface area contributed by atoms with Crippen LogP contribution in [0.25, 0.3) is 11.0 Å². The Morgan fingerprint density at radius 3 is 2.30 bits per heavy atom. The molecule has 0 aliphatic heterocycles. The Kier molecular flexibility index (Phi) is 3.11. The van der Waals surface area contributed by atoms with E-state index in [1.165, 1.54) is 0 Å². The van der Waals surface area contributed by atoms with Crippen molar-refractivity contribution < 1.29 is 9.52 Å². The number of aliphatic hydroxyl groups is 1. The molecule has 0 spiro atoms. The van der Waals surface area contributed by atoms with Crippen LogP contribution in [0.2, 0.25) is 0 Å². The van der Waals surface area contributed by atoms with Crippen molar-refractivity contribution in [3.05, 3.63) is 70.5 Å². The smallest absolute Gasteiger partial charge is 0.138 e. The molecule has 0 saturated carbocycles. The highest BCUT2D eigenvalue weighted by Gasteiger charge is 2.16. The number of hydrogen-bond donors (Lipinski definition) is 1. The number of para-hydroxylation sites is 1. The van der Waals surface area contributed by atoms with Gasteiger partial charge in [-0.3, -0.25) is 0 Å². The zero-order valence-corrected chi connectivity index (χ0v) is 12.0. The molecule has 3 aromatic rings. The third-order valence-corrected chi connectivity index (χ3v) is 3.59. The van der Waals surface area contributed by atoms with Crippen LogP contribution in [0.5, 0.6) is 0 Å². The van der Waals surface area contributed by atoms with Crippen molar-refractivity contribution >= 4 is 11.0 Å². The van der Waals surface area contributed by atoms with Crippen LogP contribution < -0.4 is 0 Å². The summed E-state index contributed by atoms with van der Waals surface area (Å²) < 4.78 is 5.84. The topological polar surface area (TPSA) is 33.4 Å². The summed E-state index contributed by atoms with van der Waals surface area (Å²) in [6.45, 7) is 6.08. The van der Waals surface area contributed by atoms with Crippen LogP contribution >= 0.6 is 0 Å². The molecular weight excluding hydrogens is 248 g/mol. The van der Waals surface area contributed by atoms with E-state index in [1.54, 1.807) is 0 Å². The summed E-state index contributed by atoms with van der Waals surface area (Å²) in [4.78, 5) is 0. The van der Waals surface area contributed by atoms with E-state index in [0.29, 0.717) is 5.76 Å². The molecule has 2 aromatic carbocycles. The third-order valence-electron chi connectivity index (χ3n) is 3.59. The fourth-order valence-corrected chi connectivity index (χ4v) is 2.70. The highest BCUT2D eigenvalue weighted by molar-refractivity contribution is 5.81. The van der Waals surface area contributed by atoms with Gasteiger partial charge in [-0.2, -0.15) is 0 Å². The van der Waals surface area contributed by atoms with Crippen LogP contribution in [0.1, 0.15) is 34.1 Å². The minimum atomic E-state index is -0.722. The molecule has 0 radical (unpaired) electrons. The number of aliphatic hydroxyl groups excluding tert-OH is 1. The van der Waals surface area contributed by atoms with Crippen LogP contribution in [0.4, 0.5) is 0 Å². The van der Waals surface area contributed by atoms with Gasteiger partial charge in [-0.25, -0.2) is 0 Å². The van der Waals surface area contributed by atoms with Crippen LogP contribution in [-0.4, -0.2) is 5.11 Å². The second-order valence-corrected chi connectivity index (χ2v) is 5.47. The van der Waals surface area contributed by atoms with Gasteiger partial charge in [0, 0.05) is 5.39 Å². The highest BCUT2D eigenvalue weighted by Crippen LogP contribution is 2.30. The van der Waals surface area contributed by atoms with E-state index in [-0.39, 0.29) is 0 Å². The first-order valence-electron chi connectivity index (χ1n) is 6.80. The molecular formula is C18H18O2. The van der Waals surface area contributed by atoms with Gasteiger partial charge in [0.15, 0.2) is 0 Å². The Morgan fingerprint density at radius 1 is 0.950 bits per heavy atom. The summed E-state index contributed by atoms with van der Waals surface area (Å²) in [5.74, 6) is 0.597. The number of furan rings is 1. The summed E-state index contributed by atoms with van der Waals surface area (Å²) in [5.41, 5.74) is 5.10. The van der Waals surface area contributed by atoms with Gasteiger partial charge in [-0.1, -0.05) is 47.5 Å². The molecule has 0 amide bonds. The number of aryl methyl sites for hydroxylation is 3. The van der Waals surface area contributed by atoms with E-state index in [2.05, 4.69) is 6.07 Å². The Balaban J connectivity index is 2.07. The third kappa shape index (κ3) is 2.23. The monoisotopic (exact) mass is 266 g/mol. The number of hydrogen-bond acceptors (Lipinski definition) is 2. The summed E-state index contributed by atoms with van der Waals surface area (Å²) in [6, 6.07) is 14.0. The minimum Gasteiger partial charge on any atom is -0.458 e. The normalized spacial score (nSPS) is 12.8. The molecule has 0 saturated heterocycles. The van der Waals surface area contributed by atoms with E-state index in [0.717, 1.165) is 33.2 Å². The molecule has 1 atom stereocenters. The van der Waals surface area contributed by atoms with E-state index >= 15 is 0 Å². The summed E-state index contributed by atoms with van der Waals surface area (Å²) >= 11 is 0. The fourth-order valence-electron chi connectivity index (χ4n) is 2.70. The Morgan fingerprint density at radius 2 is 1.65 bits per heavy atom. The molecule has 0 fully saturated rings. The van der Waals surface area contributed by atoms with Gasteiger partial charge in [-0.05, 0) is 38.0 Å². The van der Waals surface area contributed by atoms with Crippen LogP contribution in [0.15, 0.2) is 46.9 Å². The van der Waals surface area contributed by atoms with E-state index in [9.17, 15) is 5.11 Å². The van der Waals surface area contributed by atoms with Crippen molar-refractivity contribution in [2.45, 2.75) is 26.9 Å². The minimum absolute atomic E-state index is 0.597. The first-order chi connectivity index (χ1) is 9.54. The zero-order chi connectivity index (χ0) is 14.3. The summed E-state index contributed by atoms with van der Waals surface area (Å²) in [7, 11) is 0. The quantitative estimate of drug-likeness (QED) is 0.744. The average Bonchev–Trinajstić information content (AvgIpc) is 2.82. The molecule has 0 aliphatic rings.